The zero-order valence-electron chi connectivity index (χ0n) is 11.0. The van der Waals surface area contributed by atoms with E-state index in [4.69, 9.17) is 0 Å². The minimum absolute atomic E-state index is 0.893. The maximum atomic E-state index is 3.50. The van der Waals surface area contributed by atoms with Gasteiger partial charge in [-0.25, -0.2) is 0 Å². The molecule has 1 N–H and O–H groups in total. The van der Waals surface area contributed by atoms with E-state index in [0.717, 1.165) is 18.5 Å². The number of rotatable bonds is 2. The van der Waals surface area contributed by atoms with E-state index in [2.05, 4.69) is 28.4 Å². The molecule has 1 saturated carbocycles. The van der Waals surface area contributed by atoms with Gasteiger partial charge in [0.2, 0.25) is 0 Å². The van der Waals surface area contributed by atoms with Crippen molar-refractivity contribution in [2.24, 2.45) is 5.92 Å². The van der Waals surface area contributed by atoms with E-state index < -0.39 is 0 Å². The number of piperidine rings is 1. The van der Waals surface area contributed by atoms with Crippen LogP contribution in [-0.2, 0) is 13.0 Å². The van der Waals surface area contributed by atoms with Crippen LogP contribution in [-0.4, -0.2) is 24.0 Å². The molecule has 18 heavy (non-hydrogen) atoms. The molecule has 0 radical (unpaired) electrons. The van der Waals surface area contributed by atoms with Gasteiger partial charge in [-0.05, 0) is 55.2 Å². The van der Waals surface area contributed by atoms with Crippen molar-refractivity contribution in [2.45, 2.75) is 44.7 Å². The first-order valence-electron chi connectivity index (χ1n) is 7.48. The molecule has 3 aliphatic rings. The van der Waals surface area contributed by atoms with Gasteiger partial charge >= 0.3 is 0 Å². The van der Waals surface area contributed by atoms with E-state index in [0.29, 0.717) is 0 Å². The Morgan fingerprint density at radius 2 is 2.28 bits per heavy atom. The highest BCUT2D eigenvalue weighted by molar-refractivity contribution is 5.54. The summed E-state index contributed by atoms with van der Waals surface area (Å²) in [5.41, 5.74) is 4.42. The van der Waals surface area contributed by atoms with Crippen molar-refractivity contribution in [3.05, 3.63) is 29.3 Å². The normalized spacial score (nSPS) is 30.2. The molecule has 2 unspecified atom stereocenters. The zero-order chi connectivity index (χ0) is 11.9. The summed E-state index contributed by atoms with van der Waals surface area (Å²) in [5.74, 6) is 1.01. The number of hydrogen-bond donors (Lipinski definition) is 1. The number of aryl methyl sites for hydroxylation is 1. The Labute approximate surface area is 109 Å². The minimum atomic E-state index is 0.893. The lowest BCUT2D eigenvalue weighted by Crippen LogP contribution is -2.31. The molecule has 1 aromatic carbocycles. The SMILES string of the molecule is c1cc2c(cc1CN1CC3CCC1C3)CCCN2. The summed E-state index contributed by atoms with van der Waals surface area (Å²) < 4.78 is 0. The van der Waals surface area contributed by atoms with Gasteiger partial charge in [-0.2, -0.15) is 0 Å². The molecule has 2 aliphatic heterocycles. The number of likely N-dealkylation sites (tertiary alicyclic amines) is 1. The standard InChI is InChI=1S/C16H22N2/c1-2-14-8-12(4-6-16(14)17-7-1)10-18-11-13-3-5-15(18)9-13/h4,6,8,13,15,17H,1-3,5,7,9-11H2. The number of nitrogens with one attached hydrogen (secondary N) is 1. The highest BCUT2D eigenvalue weighted by atomic mass is 15.2. The van der Waals surface area contributed by atoms with E-state index in [1.165, 1.54) is 62.0 Å². The molecule has 0 amide bonds. The van der Waals surface area contributed by atoms with Crippen LogP contribution >= 0.6 is 0 Å². The smallest absolute Gasteiger partial charge is 0.0372 e. The van der Waals surface area contributed by atoms with Crippen LogP contribution in [0.2, 0.25) is 0 Å². The number of nitrogens with zero attached hydrogens (tertiary/aromatic N) is 1. The average molecular weight is 242 g/mol. The Hall–Kier alpha value is -1.02. The molecule has 1 aromatic rings. The third-order valence-corrected chi connectivity index (χ3v) is 5.02. The second-order valence-corrected chi connectivity index (χ2v) is 6.28. The van der Waals surface area contributed by atoms with Crippen molar-refractivity contribution >= 4 is 5.69 Å². The van der Waals surface area contributed by atoms with Gasteiger partial charge in [0, 0.05) is 31.4 Å². The maximum absolute atomic E-state index is 3.50. The summed E-state index contributed by atoms with van der Waals surface area (Å²) >= 11 is 0. The van der Waals surface area contributed by atoms with Crippen LogP contribution in [0.3, 0.4) is 0 Å². The number of anilines is 1. The second-order valence-electron chi connectivity index (χ2n) is 6.28. The Morgan fingerprint density at radius 3 is 3.11 bits per heavy atom. The third kappa shape index (κ3) is 1.83. The molecule has 2 fully saturated rings. The highest BCUT2D eigenvalue weighted by Gasteiger charge is 2.37. The third-order valence-electron chi connectivity index (χ3n) is 5.02. The molecule has 2 atom stereocenters. The van der Waals surface area contributed by atoms with E-state index in [1.54, 1.807) is 0 Å². The van der Waals surface area contributed by atoms with Crippen LogP contribution in [0, 0.1) is 5.92 Å². The van der Waals surface area contributed by atoms with Crippen molar-refractivity contribution in [3.63, 3.8) is 0 Å². The summed E-state index contributed by atoms with van der Waals surface area (Å²) in [6, 6.07) is 7.94. The lowest BCUT2D eigenvalue weighted by atomic mass is 10.00. The number of benzene rings is 1. The van der Waals surface area contributed by atoms with Crippen LogP contribution in [0.15, 0.2) is 18.2 Å². The monoisotopic (exact) mass is 242 g/mol. The quantitative estimate of drug-likeness (QED) is 0.857. The zero-order valence-corrected chi connectivity index (χ0v) is 11.0. The van der Waals surface area contributed by atoms with Crippen LogP contribution in [0.4, 0.5) is 5.69 Å². The van der Waals surface area contributed by atoms with Gasteiger partial charge in [0.25, 0.3) is 0 Å². The first-order valence-corrected chi connectivity index (χ1v) is 7.48. The molecule has 0 aromatic heterocycles. The number of fused-ring (bicyclic) bond motifs is 3. The van der Waals surface area contributed by atoms with Crippen LogP contribution in [0.1, 0.15) is 36.8 Å². The predicted molar refractivity (Wildman–Crippen MR) is 74.8 cm³/mol. The summed E-state index contributed by atoms with van der Waals surface area (Å²) in [5, 5.41) is 3.50. The molecule has 2 heterocycles. The molecule has 2 bridgehead atoms. The largest absolute Gasteiger partial charge is 0.385 e. The van der Waals surface area contributed by atoms with E-state index in [-0.39, 0.29) is 0 Å². The lowest BCUT2D eigenvalue weighted by molar-refractivity contribution is 0.205. The molecule has 4 rings (SSSR count). The van der Waals surface area contributed by atoms with Gasteiger partial charge in [-0.1, -0.05) is 12.1 Å². The minimum Gasteiger partial charge on any atom is -0.385 e. The Balaban J connectivity index is 1.51. The van der Waals surface area contributed by atoms with Gasteiger partial charge in [-0.15, -0.1) is 0 Å². The van der Waals surface area contributed by atoms with Gasteiger partial charge < -0.3 is 5.32 Å². The Bertz CT molecular complexity index is 454. The molecular weight excluding hydrogens is 220 g/mol. The van der Waals surface area contributed by atoms with Crippen LogP contribution in [0.5, 0.6) is 0 Å². The maximum Gasteiger partial charge on any atom is 0.0372 e. The van der Waals surface area contributed by atoms with Crippen molar-refractivity contribution in [1.82, 2.24) is 4.90 Å². The fraction of sp³-hybridized carbons (Fsp3) is 0.625. The average Bonchev–Trinajstić information content (AvgIpc) is 3.01. The molecule has 2 nitrogen and oxygen atoms in total. The van der Waals surface area contributed by atoms with E-state index in [9.17, 15) is 0 Å². The molecule has 96 valence electrons. The fourth-order valence-corrected chi connectivity index (χ4v) is 4.08. The number of hydrogen-bond acceptors (Lipinski definition) is 2. The van der Waals surface area contributed by atoms with Gasteiger partial charge in [0.05, 0.1) is 0 Å². The molecule has 2 heteroatoms. The topological polar surface area (TPSA) is 15.3 Å². The summed E-state index contributed by atoms with van der Waals surface area (Å²) in [7, 11) is 0. The Morgan fingerprint density at radius 1 is 1.28 bits per heavy atom. The van der Waals surface area contributed by atoms with Crippen molar-refractivity contribution in [3.8, 4) is 0 Å². The van der Waals surface area contributed by atoms with Crippen molar-refractivity contribution in [2.75, 3.05) is 18.4 Å². The van der Waals surface area contributed by atoms with Crippen LogP contribution < -0.4 is 5.32 Å². The summed E-state index contributed by atoms with van der Waals surface area (Å²) in [6.45, 7) is 3.66. The van der Waals surface area contributed by atoms with Crippen molar-refractivity contribution < 1.29 is 0 Å². The van der Waals surface area contributed by atoms with E-state index in [1.807, 2.05) is 0 Å². The van der Waals surface area contributed by atoms with Gasteiger partial charge in [0.15, 0.2) is 0 Å². The first kappa shape index (κ1) is 10.9. The van der Waals surface area contributed by atoms with Crippen molar-refractivity contribution in [1.29, 1.82) is 0 Å². The summed E-state index contributed by atoms with van der Waals surface area (Å²) in [4.78, 5) is 2.71. The molecule has 1 saturated heterocycles. The first-order chi connectivity index (χ1) is 8.88. The predicted octanol–water partition coefficient (Wildman–Crippen LogP) is 3.03. The molecule has 0 spiro atoms. The molecular formula is C16H22N2. The van der Waals surface area contributed by atoms with Gasteiger partial charge in [-0.3, -0.25) is 4.90 Å². The molecule has 1 aliphatic carbocycles. The van der Waals surface area contributed by atoms with Crippen LogP contribution in [0.25, 0.3) is 0 Å². The Kier molecular flexibility index (Phi) is 2.58. The second kappa shape index (κ2) is 4.27. The van der Waals surface area contributed by atoms with Gasteiger partial charge in [0.1, 0.15) is 0 Å². The summed E-state index contributed by atoms with van der Waals surface area (Å²) in [6.07, 6.45) is 6.92. The fourth-order valence-electron chi connectivity index (χ4n) is 4.08. The van der Waals surface area contributed by atoms with E-state index >= 15 is 0 Å². The lowest BCUT2D eigenvalue weighted by Gasteiger charge is -2.27. The highest BCUT2D eigenvalue weighted by Crippen LogP contribution is 2.38.